The lowest BCUT2D eigenvalue weighted by molar-refractivity contribution is 0.771. The van der Waals surface area contributed by atoms with Crippen molar-refractivity contribution in [3.63, 3.8) is 0 Å². The van der Waals surface area contributed by atoms with Gasteiger partial charge in [0.15, 0.2) is 0 Å². The number of aromatic nitrogens is 2. The van der Waals surface area contributed by atoms with E-state index in [0.29, 0.717) is 0 Å². The van der Waals surface area contributed by atoms with Crippen LogP contribution in [0.5, 0.6) is 0 Å². The van der Waals surface area contributed by atoms with E-state index in [4.69, 9.17) is 5.73 Å². The van der Waals surface area contributed by atoms with E-state index in [0.717, 1.165) is 31.4 Å². The second-order valence-electron chi connectivity index (χ2n) is 6.52. The van der Waals surface area contributed by atoms with E-state index >= 15 is 0 Å². The molecule has 0 saturated heterocycles. The third kappa shape index (κ3) is 3.30. The summed E-state index contributed by atoms with van der Waals surface area (Å²) in [6.07, 6.45) is 10.1. The minimum Gasteiger partial charge on any atom is -0.336 e. The summed E-state index contributed by atoms with van der Waals surface area (Å²) in [6, 6.07) is 6.54. The molecular formula is C20H25N3. The van der Waals surface area contributed by atoms with Crippen LogP contribution in [0.25, 0.3) is 5.57 Å². The van der Waals surface area contributed by atoms with Crippen LogP contribution in [0.2, 0.25) is 0 Å². The molecule has 120 valence electrons. The molecule has 1 aromatic heterocycles. The number of hydrogen-bond acceptors (Lipinski definition) is 2. The Morgan fingerprint density at radius 3 is 2.83 bits per heavy atom. The summed E-state index contributed by atoms with van der Waals surface area (Å²) < 4.78 is 2.01. The van der Waals surface area contributed by atoms with Gasteiger partial charge in [0.05, 0.1) is 24.3 Å². The average Bonchev–Trinajstić information content (AvgIpc) is 2.97. The predicted molar refractivity (Wildman–Crippen MR) is 96.0 cm³/mol. The highest BCUT2D eigenvalue weighted by Crippen LogP contribution is 2.34. The first-order valence-corrected chi connectivity index (χ1v) is 8.24. The van der Waals surface area contributed by atoms with E-state index in [-0.39, 0.29) is 6.04 Å². The van der Waals surface area contributed by atoms with E-state index < -0.39 is 0 Å². The van der Waals surface area contributed by atoms with Gasteiger partial charge in [0.25, 0.3) is 0 Å². The molecule has 0 radical (unpaired) electrons. The zero-order valence-electron chi connectivity index (χ0n) is 14.0. The van der Waals surface area contributed by atoms with Crippen LogP contribution in [0.1, 0.15) is 47.7 Å². The summed E-state index contributed by atoms with van der Waals surface area (Å²) in [5.74, 6) is 0. The summed E-state index contributed by atoms with van der Waals surface area (Å²) >= 11 is 0. The van der Waals surface area contributed by atoms with Crippen molar-refractivity contribution in [2.45, 2.75) is 38.6 Å². The van der Waals surface area contributed by atoms with Crippen LogP contribution in [-0.4, -0.2) is 9.55 Å². The van der Waals surface area contributed by atoms with Crippen molar-refractivity contribution in [1.82, 2.24) is 9.55 Å². The summed E-state index contributed by atoms with van der Waals surface area (Å²) in [5.41, 5.74) is 14.1. The van der Waals surface area contributed by atoms with Gasteiger partial charge in [-0.3, -0.25) is 0 Å². The Hall–Kier alpha value is -2.13. The summed E-state index contributed by atoms with van der Waals surface area (Å²) in [7, 11) is 2.00. The third-order valence-corrected chi connectivity index (χ3v) is 4.69. The first-order chi connectivity index (χ1) is 11.1. The second kappa shape index (κ2) is 6.55. The fraction of sp³-hybridized carbons (Fsp3) is 0.350. The van der Waals surface area contributed by atoms with Crippen LogP contribution < -0.4 is 5.73 Å². The van der Waals surface area contributed by atoms with Gasteiger partial charge in [0.2, 0.25) is 0 Å². The normalized spacial score (nSPS) is 19.1. The Morgan fingerprint density at radius 2 is 2.09 bits per heavy atom. The topological polar surface area (TPSA) is 43.8 Å². The number of allylic oxidation sites excluding steroid dienone is 2. The molecule has 2 N–H and O–H groups in total. The number of nitrogens with zero attached hydrogens (tertiary/aromatic N) is 2. The Bertz CT molecular complexity index is 752. The molecule has 3 heteroatoms. The van der Waals surface area contributed by atoms with Gasteiger partial charge in [0, 0.05) is 7.05 Å². The number of aryl methyl sites for hydroxylation is 3. The lowest BCUT2D eigenvalue weighted by Gasteiger charge is -2.20. The highest BCUT2D eigenvalue weighted by Gasteiger charge is 2.20. The first kappa shape index (κ1) is 15.8. The van der Waals surface area contributed by atoms with Gasteiger partial charge in [-0.2, -0.15) is 0 Å². The predicted octanol–water partition coefficient (Wildman–Crippen LogP) is 4.09. The molecule has 2 aromatic rings. The number of imidazole rings is 1. The van der Waals surface area contributed by atoms with Crippen molar-refractivity contribution in [2.24, 2.45) is 12.8 Å². The van der Waals surface area contributed by atoms with Crippen molar-refractivity contribution in [1.29, 1.82) is 0 Å². The number of rotatable bonds is 2. The molecule has 3 nitrogen and oxygen atoms in total. The van der Waals surface area contributed by atoms with E-state index in [1.54, 1.807) is 0 Å². The molecule has 1 atom stereocenters. The summed E-state index contributed by atoms with van der Waals surface area (Å²) in [4.78, 5) is 4.23. The molecular weight excluding hydrogens is 282 g/mol. The Morgan fingerprint density at radius 1 is 1.26 bits per heavy atom. The Balaban J connectivity index is 2.10. The standard InChI is InChI=1S/C20H25N3/c1-14-5-4-6-17(20(21)19-12-22-13-23(19)3)18-11-15(2)8-10-16(18)9-7-14/h6,8,10-13,20H,1,4-5,7,9,21H2,2-3H3/b17-6+/t20-/m1/s1. The molecule has 0 aliphatic heterocycles. The van der Waals surface area contributed by atoms with Crippen molar-refractivity contribution in [3.05, 3.63) is 71.3 Å². The number of fused-ring (bicyclic) bond motifs is 1. The average molecular weight is 307 g/mol. The molecule has 0 amide bonds. The fourth-order valence-electron chi connectivity index (χ4n) is 3.28. The van der Waals surface area contributed by atoms with Crippen molar-refractivity contribution in [2.75, 3.05) is 0 Å². The Labute approximate surface area is 138 Å². The molecule has 1 heterocycles. The quantitative estimate of drug-likeness (QED) is 0.849. The molecule has 1 aromatic carbocycles. The maximum atomic E-state index is 6.63. The third-order valence-electron chi connectivity index (χ3n) is 4.69. The number of benzene rings is 1. The lowest BCUT2D eigenvalue weighted by Crippen LogP contribution is -2.16. The van der Waals surface area contributed by atoms with E-state index in [2.05, 4.69) is 42.8 Å². The maximum Gasteiger partial charge on any atom is 0.0946 e. The van der Waals surface area contributed by atoms with Gasteiger partial charge in [-0.1, -0.05) is 42.0 Å². The van der Waals surface area contributed by atoms with Crippen LogP contribution in [0.15, 0.2) is 49.0 Å². The van der Waals surface area contributed by atoms with Gasteiger partial charge < -0.3 is 10.3 Å². The van der Waals surface area contributed by atoms with E-state index in [1.807, 2.05) is 24.1 Å². The highest BCUT2D eigenvalue weighted by molar-refractivity contribution is 5.73. The van der Waals surface area contributed by atoms with Gasteiger partial charge in [0.1, 0.15) is 0 Å². The maximum absolute atomic E-state index is 6.63. The minimum atomic E-state index is -0.158. The fourth-order valence-corrected chi connectivity index (χ4v) is 3.28. The summed E-state index contributed by atoms with van der Waals surface area (Å²) in [6.45, 7) is 6.35. The van der Waals surface area contributed by atoms with E-state index in [1.165, 1.54) is 27.8 Å². The van der Waals surface area contributed by atoms with Crippen molar-refractivity contribution < 1.29 is 0 Å². The highest BCUT2D eigenvalue weighted by atomic mass is 15.0. The van der Waals surface area contributed by atoms with Crippen LogP contribution >= 0.6 is 0 Å². The summed E-state index contributed by atoms with van der Waals surface area (Å²) in [5, 5.41) is 0. The minimum absolute atomic E-state index is 0.158. The van der Waals surface area contributed by atoms with Crippen LogP contribution in [0.4, 0.5) is 0 Å². The lowest BCUT2D eigenvalue weighted by atomic mass is 9.90. The molecule has 3 rings (SSSR count). The molecule has 0 unspecified atom stereocenters. The molecule has 1 aliphatic carbocycles. The van der Waals surface area contributed by atoms with Gasteiger partial charge in [-0.05, 0) is 49.3 Å². The van der Waals surface area contributed by atoms with Gasteiger partial charge in [-0.15, -0.1) is 0 Å². The monoisotopic (exact) mass is 307 g/mol. The number of hydrogen-bond donors (Lipinski definition) is 1. The van der Waals surface area contributed by atoms with Crippen LogP contribution in [0, 0.1) is 6.92 Å². The molecule has 23 heavy (non-hydrogen) atoms. The Kier molecular flexibility index (Phi) is 4.49. The van der Waals surface area contributed by atoms with Crippen molar-refractivity contribution in [3.8, 4) is 0 Å². The second-order valence-corrected chi connectivity index (χ2v) is 6.52. The van der Waals surface area contributed by atoms with Gasteiger partial charge in [-0.25, -0.2) is 4.98 Å². The van der Waals surface area contributed by atoms with Gasteiger partial charge >= 0.3 is 0 Å². The first-order valence-electron chi connectivity index (χ1n) is 8.24. The molecule has 1 aliphatic rings. The molecule has 0 saturated carbocycles. The molecule has 0 bridgehead atoms. The van der Waals surface area contributed by atoms with Crippen LogP contribution in [-0.2, 0) is 13.5 Å². The SMILES string of the molecule is C=C1CC/C=C(/[C@@H](N)c2cncn2C)c2cc(C)ccc2CC1. The zero-order valence-corrected chi connectivity index (χ0v) is 14.0. The molecule has 0 spiro atoms. The largest absolute Gasteiger partial charge is 0.336 e. The molecule has 0 fully saturated rings. The van der Waals surface area contributed by atoms with Crippen LogP contribution in [0.3, 0.4) is 0 Å². The number of nitrogens with two attached hydrogens (primary N) is 1. The smallest absolute Gasteiger partial charge is 0.0946 e. The van der Waals surface area contributed by atoms with Crippen molar-refractivity contribution >= 4 is 5.57 Å². The zero-order chi connectivity index (χ0) is 16.4. The van der Waals surface area contributed by atoms with E-state index in [9.17, 15) is 0 Å².